The Bertz CT molecular complexity index is 849. The summed E-state index contributed by atoms with van der Waals surface area (Å²) >= 11 is 3.33. The number of benzene rings is 2. The van der Waals surface area contributed by atoms with Crippen molar-refractivity contribution in [3.05, 3.63) is 64.1 Å². The van der Waals surface area contributed by atoms with Crippen molar-refractivity contribution < 1.29 is 24.2 Å². The fourth-order valence-electron chi connectivity index (χ4n) is 2.08. The lowest BCUT2D eigenvalue weighted by Gasteiger charge is -2.08. The van der Waals surface area contributed by atoms with Crippen LogP contribution in [-0.2, 0) is 9.59 Å². The summed E-state index contributed by atoms with van der Waals surface area (Å²) in [5.41, 5.74) is 3.34. The number of carbonyl (C=O) groups excluding carboxylic acids is 2. The Labute approximate surface area is 164 Å². The van der Waals surface area contributed by atoms with Gasteiger partial charge in [-0.15, -0.1) is 0 Å². The molecule has 140 valence electrons. The number of rotatable bonds is 8. The van der Waals surface area contributed by atoms with Crippen molar-refractivity contribution in [2.45, 2.75) is 19.3 Å². The minimum atomic E-state index is -0.980. The quantitative estimate of drug-likeness (QED) is 0.288. The molecule has 2 aromatic carbocycles. The molecule has 0 aliphatic heterocycles. The lowest BCUT2D eigenvalue weighted by atomic mass is 10.2. The molecule has 0 aliphatic rings. The third-order valence-electron chi connectivity index (χ3n) is 3.38. The number of para-hydroxylation sites is 1. The molecule has 0 bridgehead atoms. The Kier molecular flexibility index (Phi) is 7.69. The number of carboxylic acid groups (broad SMARTS) is 1. The number of halogens is 1. The summed E-state index contributed by atoms with van der Waals surface area (Å²) < 4.78 is 6.11. The van der Waals surface area contributed by atoms with Crippen molar-refractivity contribution in [3.63, 3.8) is 0 Å². The molecule has 27 heavy (non-hydrogen) atoms. The van der Waals surface area contributed by atoms with E-state index in [-0.39, 0.29) is 30.6 Å². The van der Waals surface area contributed by atoms with Gasteiger partial charge in [0.25, 0.3) is 5.91 Å². The van der Waals surface area contributed by atoms with E-state index in [0.717, 1.165) is 10.0 Å². The Morgan fingerprint density at radius 1 is 1.07 bits per heavy atom. The molecule has 0 saturated carbocycles. The number of nitrogens with zero attached hydrogens (tertiary/aromatic N) is 1. The summed E-state index contributed by atoms with van der Waals surface area (Å²) in [5.74, 6) is -2.02. The van der Waals surface area contributed by atoms with Crippen LogP contribution < -0.4 is 10.2 Å². The average Bonchev–Trinajstić information content (AvgIpc) is 2.63. The summed E-state index contributed by atoms with van der Waals surface area (Å²) in [6, 6.07) is 13.6. The van der Waals surface area contributed by atoms with Gasteiger partial charge in [0.05, 0.1) is 11.8 Å². The van der Waals surface area contributed by atoms with Crippen LogP contribution in [0, 0.1) is 0 Å². The highest BCUT2D eigenvalue weighted by Gasteiger charge is 2.14. The van der Waals surface area contributed by atoms with E-state index in [1.807, 2.05) is 24.3 Å². The first-order chi connectivity index (χ1) is 13.0. The number of carboxylic acids is 1. The van der Waals surface area contributed by atoms with Crippen LogP contribution in [0.3, 0.4) is 0 Å². The molecule has 0 unspecified atom stereocenters. The van der Waals surface area contributed by atoms with E-state index in [2.05, 4.69) is 26.5 Å². The zero-order valence-corrected chi connectivity index (χ0v) is 15.8. The topological polar surface area (TPSA) is 105 Å². The molecule has 0 atom stereocenters. The van der Waals surface area contributed by atoms with Gasteiger partial charge in [-0.1, -0.05) is 40.2 Å². The maximum absolute atomic E-state index is 12.3. The SMILES string of the molecule is O=C(O)CCCC(=O)Oc1ccccc1C(=O)N/N=C/c1ccc(Br)cc1. The zero-order chi connectivity index (χ0) is 19.6. The van der Waals surface area contributed by atoms with E-state index in [1.165, 1.54) is 18.3 Å². The Hall–Kier alpha value is -3.00. The highest BCUT2D eigenvalue weighted by molar-refractivity contribution is 9.10. The average molecular weight is 433 g/mol. The molecule has 2 rings (SSSR count). The predicted octanol–water partition coefficient (Wildman–Crippen LogP) is 3.37. The third-order valence-corrected chi connectivity index (χ3v) is 3.91. The largest absolute Gasteiger partial charge is 0.481 e. The number of hydrazone groups is 1. The molecule has 1 amide bonds. The first kappa shape index (κ1) is 20.3. The summed E-state index contributed by atoms with van der Waals surface area (Å²) in [4.78, 5) is 34.6. The number of carbonyl (C=O) groups is 3. The van der Waals surface area contributed by atoms with Gasteiger partial charge in [0, 0.05) is 17.3 Å². The van der Waals surface area contributed by atoms with E-state index in [1.54, 1.807) is 12.1 Å². The predicted molar refractivity (Wildman–Crippen MR) is 103 cm³/mol. The first-order valence-corrected chi connectivity index (χ1v) is 8.85. The number of nitrogens with one attached hydrogen (secondary N) is 1. The lowest BCUT2D eigenvalue weighted by Crippen LogP contribution is -2.20. The van der Waals surface area contributed by atoms with Crippen molar-refractivity contribution in [2.24, 2.45) is 5.10 Å². The van der Waals surface area contributed by atoms with Gasteiger partial charge in [-0.25, -0.2) is 5.43 Å². The maximum atomic E-state index is 12.3. The lowest BCUT2D eigenvalue weighted by molar-refractivity contribution is -0.137. The molecule has 0 spiro atoms. The monoisotopic (exact) mass is 432 g/mol. The van der Waals surface area contributed by atoms with Gasteiger partial charge in [0.15, 0.2) is 0 Å². The maximum Gasteiger partial charge on any atom is 0.311 e. The fourth-order valence-corrected chi connectivity index (χ4v) is 2.34. The second kappa shape index (κ2) is 10.2. The highest BCUT2D eigenvalue weighted by Crippen LogP contribution is 2.19. The van der Waals surface area contributed by atoms with Crippen LogP contribution in [-0.4, -0.2) is 29.2 Å². The summed E-state index contributed by atoms with van der Waals surface area (Å²) in [6.07, 6.45) is 1.48. The van der Waals surface area contributed by atoms with E-state index in [0.29, 0.717) is 0 Å². The molecule has 0 aliphatic carbocycles. The number of ether oxygens (including phenoxy) is 1. The van der Waals surface area contributed by atoms with Crippen LogP contribution in [0.1, 0.15) is 35.2 Å². The molecule has 0 radical (unpaired) electrons. The molecule has 0 heterocycles. The molecular weight excluding hydrogens is 416 g/mol. The molecule has 0 fully saturated rings. The van der Waals surface area contributed by atoms with Crippen molar-refractivity contribution in [3.8, 4) is 5.75 Å². The number of aliphatic carboxylic acids is 1. The van der Waals surface area contributed by atoms with Crippen LogP contribution in [0.5, 0.6) is 5.75 Å². The minimum absolute atomic E-state index is 0.0516. The van der Waals surface area contributed by atoms with Crippen molar-refractivity contribution >= 4 is 40.0 Å². The van der Waals surface area contributed by atoms with Crippen molar-refractivity contribution in [1.82, 2.24) is 5.43 Å². The van der Waals surface area contributed by atoms with E-state index >= 15 is 0 Å². The third kappa shape index (κ3) is 7.02. The summed E-state index contributed by atoms with van der Waals surface area (Å²) in [5, 5.41) is 12.5. The fraction of sp³-hybridized carbons (Fsp3) is 0.158. The van der Waals surface area contributed by atoms with Gasteiger partial charge in [-0.2, -0.15) is 5.10 Å². The van der Waals surface area contributed by atoms with Crippen molar-refractivity contribution in [1.29, 1.82) is 0 Å². The number of hydrogen-bond acceptors (Lipinski definition) is 5. The Morgan fingerprint density at radius 2 is 1.78 bits per heavy atom. The van der Waals surface area contributed by atoms with E-state index in [9.17, 15) is 14.4 Å². The normalized spacial score (nSPS) is 10.6. The van der Waals surface area contributed by atoms with Gasteiger partial charge in [0.2, 0.25) is 0 Å². The van der Waals surface area contributed by atoms with Gasteiger partial charge in [0.1, 0.15) is 5.75 Å². The van der Waals surface area contributed by atoms with Crippen molar-refractivity contribution in [2.75, 3.05) is 0 Å². The Morgan fingerprint density at radius 3 is 2.48 bits per heavy atom. The molecule has 2 aromatic rings. The smallest absolute Gasteiger partial charge is 0.311 e. The molecular formula is C19H17BrN2O5. The van der Waals surface area contributed by atoms with E-state index < -0.39 is 17.8 Å². The molecule has 0 saturated heterocycles. The van der Waals surface area contributed by atoms with Crippen LogP contribution in [0.25, 0.3) is 0 Å². The number of amides is 1. The van der Waals surface area contributed by atoms with Crippen LogP contribution >= 0.6 is 15.9 Å². The number of hydrogen-bond donors (Lipinski definition) is 2. The van der Waals surface area contributed by atoms with Gasteiger partial charge in [-0.05, 0) is 36.2 Å². The highest BCUT2D eigenvalue weighted by atomic mass is 79.9. The van der Waals surface area contributed by atoms with Gasteiger partial charge < -0.3 is 9.84 Å². The standard InChI is InChI=1S/C19H17BrN2O5/c20-14-10-8-13(9-11-14)12-21-22-19(26)15-4-1-2-5-16(15)27-18(25)7-3-6-17(23)24/h1-2,4-5,8-12H,3,6-7H2,(H,22,26)(H,23,24)/b21-12+. The van der Waals surface area contributed by atoms with E-state index in [4.69, 9.17) is 9.84 Å². The van der Waals surface area contributed by atoms with Gasteiger partial charge in [-0.3, -0.25) is 14.4 Å². The second-order valence-corrected chi connectivity index (χ2v) is 6.38. The van der Waals surface area contributed by atoms with Crippen LogP contribution in [0.4, 0.5) is 0 Å². The molecule has 2 N–H and O–H groups in total. The summed E-state index contributed by atoms with van der Waals surface area (Å²) in [7, 11) is 0. The summed E-state index contributed by atoms with van der Waals surface area (Å²) in [6.45, 7) is 0. The first-order valence-electron chi connectivity index (χ1n) is 8.06. The van der Waals surface area contributed by atoms with Gasteiger partial charge >= 0.3 is 11.9 Å². The molecule has 8 heteroatoms. The Balaban J connectivity index is 1.97. The number of esters is 1. The van der Waals surface area contributed by atoms with Crippen LogP contribution in [0.15, 0.2) is 58.1 Å². The molecule has 7 nitrogen and oxygen atoms in total. The zero-order valence-electron chi connectivity index (χ0n) is 14.2. The second-order valence-electron chi connectivity index (χ2n) is 5.47. The minimum Gasteiger partial charge on any atom is -0.481 e. The molecule has 0 aromatic heterocycles. The van der Waals surface area contributed by atoms with Crippen LogP contribution in [0.2, 0.25) is 0 Å².